The van der Waals surface area contributed by atoms with Gasteiger partial charge in [0.2, 0.25) is 5.91 Å². The summed E-state index contributed by atoms with van der Waals surface area (Å²) in [5.41, 5.74) is 6.86. The fraction of sp³-hybridized carbons (Fsp3) is 0.385. The molecule has 1 unspecified atom stereocenters. The molecule has 0 saturated heterocycles. The van der Waals surface area contributed by atoms with E-state index in [1.165, 1.54) is 0 Å². The predicted octanol–water partition coefficient (Wildman–Crippen LogP) is 1.63. The maximum absolute atomic E-state index is 12.0. The SMILES string of the molecule is Cc1ccc(NC(=O)C(NC(N)=O)C(C)C)cc1. The molecule has 0 saturated carbocycles. The molecular weight excluding hydrogens is 230 g/mol. The van der Waals surface area contributed by atoms with E-state index in [-0.39, 0.29) is 11.8 Å². The lowest BCUT2D eigenvalue weighted by molar-refractivity contribution is -0.118. The molecule has 0 bridgehead atoms. The lowest BCUT2D eigenvalue weighted by Gasteiger charge is -2.20. The van der Waals surface area contributed by atoms with Gasteiger partial charge < -0.3 is 16.4 Å². The highest BCUT2D eigenvalue weighted by molar-refractivity contribution is 5.97. The Bertz CT molecular complexity index is 426. The van der Waals surface area contributed by atoms with Crippen molar-refractivity contribution in [2.24, 2.45) is 11.7 Å². The number of hydrogen-bond acceptors (Lipinski definition) is 2. The summed E-state index contributed by atoms with van der Waals surface area (Å²) in [6.45, 7) is 5.65. The van der Waals surface area contributed by atoms with Crippen LogP contribution in [0.25, 0.3) is 0 Å². The summed E-state index contributed by atoms with van der Waals surface area (Å²) < 4.78 is 0. The molecule has 0 aliphatic rings. The lowest BCUT2D eigenvalue weighted by Crippen LogP contribution is -2.49. The van der Waals surface area contributed by atoms with Gasteiger partial charge in [0.25, 0.3) is 0 Å². The highest BCUT2D eigenvalue weighted by Gasteiger charge is 2.23. The number of rotatable bonds is 4. The number of amides is 3. The molecule has 3 amide bonds. The molecule has 5 heteroatoms. The number of primary amides is 1. The molecule has 1 atom stereocenters. The zero-order chi connectivity index (χ0) is 13.7. The van der Waals surface area contributed by atoms with Gasteiger partial charge in [-0.25, -0.2) is 4.79 Å². The minimum Gasteiger partial charge on any atom is -0.352 e. The molecule has 0 radical (unpaired) electrons. The van der Waals surface area contributed by atoms with Crippen LogP contribution in [0.3, 0.4) is 0 Å². The fourth-order valence-electron chi connectivity index (χ4n) is 1.55. The van der Waals surface area contributed by atoms with Crippen LogP contribution in [0.5, 0.6) is 0 Å². The van der Waals surface area contributed by atoms with Crippen LogP contribution in [-0.4, -0.2) is 18.0 Å². The van der Waals surface area contributed by atoms with Crippen LogP contribution in [0.1, 0.15) is 19.4 Å². The van der Waals surface area contributed by atoms with Crippen LogP contribution >= 0.6 is 0 Å². The largest absolute Gasteiger partial charge is 0.352 e. The summed E-state index contributed by atoms with van der Waals surface area (Å²) in [5, 5.41) is 5.18. The number of anilines is 1. The number of hydrogen-bond donors (Lipinski definition) is 3. The zero-order valence-corrected chi connectivity index (χ0v) is 10.9. The molecule has 1 rings (SSSR count). The Hall–Kier alpha value is -2.04. The number of nitrogens with two attached hydrogens (primary N) is 1. The number of urea groups is 1. The van der Waals surface area contributed by atoms with Gasteiger partial charge in [-0.1, -0.05) is 31.5 Å². The van der Waals surface area contributed by atoms with E-state index >= 15 is 0 Å². The van der Waals surface area contributed by atoms with Crippen LogP contribution in [-0.2, 0) is 4.79 Å². The first kappa shape index (κ1) is 14.0. The summed E-state index contributed by atoms with van der Waals surface area (Å²) in [4.78, 5) is 22.8. The van der Waals surface area contributed by atoms with E-state index in [4.69, 9.17) is 5.73 Å². The first-order chi connectivity index (χ1) is 8.40. The first-order valence-corrected chi connectivity index (χ1v) is 5.83. The van der Waals surface area contributed by atoms with Crippen molar-refractivity contribution in [2.45, 2.75) is 26.8 Å². The molecule has 0 heterocycles. The molecule has 0 aliphatic heterocycles. The fourth-order valence-corrected chi connectivity index (χ4v) is 1.55. The van der Waals surface area contributed by atoms with Crippen LogP contribution in [0.2, 0.25) is 0 Å². The van der Waals surface area contributed by atoms with Crippen LogP contribution in [0.4, 0.5) is 10.5 Å². The Balaban J connectivity index is 2.72. The summed E-state index contributed by atoms with van der Waals surface area (Å²) in [5.74, 6) is -0.310. The van der Waals surface area contributed by atoms with Gasteiger partial charge in [0.1, 0.15) is 6.04 Å². The Morgan fingerprint density at radius 3 is 2.17 bits per heavy atom. The van der Waals surface area contributed by atoms with Gasteiger partial charge in [0.15, 0.2) is 0 Å². The summed E-state index contributed by atoms with van der Waals surface area (Å²) in [6.07, 6.45) is 0. The molecule has 5 nitrogen and oxygen atoms in total. The van der Waals surface area contributed by atoms with E-state index in [0.29, 0.717) is 5.69 Å². The average molecular weight is 249 g/mol. The summed E-state index contributed by atoms with van der Waals surface area (Å²) in [7, 11) is 0. The van der Waals surface area contributed by atoms with Gasteiger partial charge in [-0.15, -0.1) is 0 Å². The number of carbonyl (C=O) groups is 2. The van der Waals surface area contributed by atoms with E-state index < -0.39 is 12.1 Å². The lowest BCUT2D eigenvalue weighted by atomic mass is 10.0. The molecule has 0 fully saturated rings. The molecule has 98 valence electrons. The van der Waals surface area contributed by atoms with Crippen molar-refractivity contribution in [2.75, 3.05) is 5.32 Å². The summed E-state index contributed by atoms with van der Waals surface area (Å²) in [6, 6.07) is 6.10. The molecule has 1 aromatic carbocycles. The predicted molar refractivity (Wildman–Crippen MR) is 71.2 cm³/mol. The summed E-state index contributed by atoms with van der Waals surface area (Å²) >= 11 is 0. The minimum atomic E-state index is -0.701. The average Bonchev–Trinajstić information content (AvgIpc) is 2.28. The normalized spacial score (nSPS) is 12.0. The van der Waals surface area contributed by atoms with Crippen LogP contribution in [0, 0.1) is 12.8 Å². The molecule has 0 aliphatic carbocycles. The monoisotopic (exact) mass is 249 g/mol. The van der Waals surface area contributed by atoms with E-state index in [9.17, 15) is 9.59 Å². The van der Waals surface area contributed by atoms with Gasteiger partial charge in [-0.05, 0) is 25.0 Å². The molecule has 0 aromatic heterocycles. The Kier molecular flexibility index (Phi) is 4.71. The topological polar surface area (TPSA) is 84.2 Å². The third-order valence-electron chi connectivity index (χ3n) is 2.57. The van der Waals surface area contributed by atoms with Crippen molar-refractivity contribution in [3.8, 4) is 0 Å². The number of benzene rings is 1. The number of nitrogens with one attached hydrogen (secondary N) is 2. The van der Waals surface area contributed by atoms with Gasteiger partial charge in [-0.2, -0.15) is 0 Å². The van der Waals surface area contributed by atoms with E-state index in [2.05, 4.69) is 10.6 Å². The van der Waals surface area contributed by atoms with Crippen molar-refractivity contribution >= 4 is 17.6 Å². The van der Waals surface area contributed by atoms with E-state index in [1.807, 2.05) is 45.0 Å². The number of aryl methyl sites for hydroxylation is 1. The van der Waals surface area contributed by atoms with Gasteiger partial charge in [0, 0.05) is 5.69 Å². The second-order valence-corrected chi connectivity index (χ2v) is 4.59. The molecule has 18 heavy (non-hydrogen) atoms. The van der Waals surface area contributed by atoms with Crippen LogP contribution < -0.4 is 16.4 Å². The third kappa shape index (κ3) is 4.08. The van der Waals surface area contributed by atoms with E-state index in [0.717, 1.165) is 5.56 Å². The van der Waals surface area contributed by atoms with Gasteiger partial charge >= 0.3 is 6.03 Å². The Morgan fingerprint density at radius 1 is 1.17 bits per heavy atom. The van der Waals surface area contributed by atoms with Crippen molar-refractivity contribution in [3.05, 3.63) is 29.8 Å². The smallest absolute Gasteiger partial charge is 0.312 e. The van der Waals surface area contributed by atoms with E-state index in [1.54, 1.807) is 0 Å². The van der Waals surface area contributed by atoms with Crippen LogP contribution in [0.15, 0.2) is 24.3 Å². The molecule has 0 spiro atoms. The second kappa shape index (κ2) is 6.05. The quantitative estimate of drug-likeness (QED) is 0.757. The first-order valence-electron chi connectivity index (χ1n) is 5.83. The van der Waals surface area contributed by atoms with Crippen molar-refractivity contribution in [3.63, 3.8) is 0 Å². The zero-order valence-electron chi connectivity index (χ0n) is 10.9. The third-order valence-corrected chi connectivity index (χ3v) is 2.57. The van der Waals surface area contributed by atoms with Crippen molar-refractivity contribution in [1.82, 2.24) is 5.32 Å². The van der Waals surface area contributed by atoms with Gasteiger partial charge in [0.05, 0.1) is 0 Å². The van der Waals surface area contributed by atoms with Crippen molar-refractivity contribution < 1.29 is 9.59 Å². The highest BCUT2D eigenvalue weighted by Crippen LogP contribution is 2.11. The second-order valence-electron chi connectivity index (χ2n) is 4.59. The number of carbonyl (C=O) groups excluding carboxylic acids is 2. The molecule has 1 aromatic rings. The molecular formula is C13H19N3O2. The molecule has 4 N–H and O–H groups in total. The van der Waals surface area contributed by atoms with Crippen molar-refractivity contribution in [1.29, 1.82) is 0 Å². The Morgan fingerprint density at radius 2 is 1.72 bits per heavy atom. The highest BCUT2D eigenvalue weighted by atomic mass is 16.2. The minimum absolute atomic E-state index is 0.0389. The van der Waals surface area contributed by atoms with Gasteiger partial charge in [-0.3, -0.25) is 4.79 Å². The maximum Gasteiger partial charge on any atom is 0.312 e. The maximum atomic E-state index is 12.0. The standard InChI is InChI=1S/C13H19N3O2/c1-8(2)11(16-13(14)18)12(17)15-10-6-4-9(3)5-7-10/h4-8,11H,1-3H3,(H,15,17)(H3,14,16,18). The Labute approximate surface area is 107 Å².